The quantitative estimate of drug-likeness (QED) is 0.0929. The summed E-state index contributed by atoms with van der Waals surface area (Å²) in [5.74, 6) is 0.0343. The Morgan fingerprint density at radius 3 is 2.23 bits per heavy atom. The molecule has 56 heavy (non-hydrogen) atoms. The van der Waals surface area contributed by atoms with Crippen molar-refractivity contribution < 1.29 is 35.7 Å². The molecular weight excluding hydrogens is 766 g/mol. The Morgan fingerprint density at radius 1 is 0.750 bits per heavy atom. The zero-order valence-corrected chi connectivity index (χ0v) is 33.5. The maximum absolute atomic E-state index is 13.9. The molecule has 2 aliphatic rings. The highest BCUT2D eigenvalue weighted by molar-refractivity contribution is 6.08. The second-order valence-corrected chi connectivity index (χ2v) is 13.1. The Balaban J connectivity index is 0.00000532. The fourth-order valence-electron chi connectivity index (χ4n) is 6.95. The number of amides is 1. The number of carbonyl (C=O) groups excluding carboxylic acids is 2. The number of hydrogen-bond acceptors (Lipinski definition) is 7. The number of halogens is 1. The molecule has 5 aromatic rings. The minimum Gasteiger partial charge on any atom is -1.00 e. The maximum Gasteiger partial charge on any atom is 0.339 e. The van der Waals surface area contributed by atoms with Crippen LogP contribution in [0, 0.1) is 0 Å². The van der Waals surface area contributed by atoms with Crippen molar-refractivity contribution in [2.45, 2.75) is 34.3 Å². The number of nitrogens with one attached hydrogen (secondary N) is 1. The van der Waals surface area contributed by atoms with Crippen molar-refractivity contribution in [1.82, 2.24) is 14.5 Å². The third kappa shape index (κ3) is 8.40. The summed E-state index contributed by atoms with van der Waals surface area (Å²) in [4.78, 5) is 38.0. The number of fused-ring (bicyclic) bond motifs is 2. The van der Waals surface area contributed by atoms with Crippen molar-refractivity contribution >= 4 is 34.2 Å². The molecule has 0 spiro atoms. The number of esters is 1. The van der Waals surface area contributed by atoms with E-state index in [1.807, 2.05) is 36.4 Å². The van der Waals surface area contributed by atoms with Gasteiger partial charge in [-0.05, 0) is 99.5 Å². The number of nitrogens with zero attached hydrogens (tertiary/aromatic N) is 4. The van der Waals surface area contributed by atoms with Gasteiger partial charge in [-0.15, -0.1) is 0 Å². The summed E-state index contributed by atoms with van der Waals surface area (Å²) in [5, 5.41) is 4.92. The van der Waals surface area contributed by atoms with Gasteiger partial charge in [0.1, 0.15) is 31.0 Å². The highest BCUT2D eigenvalue weighted by Gasteiger charge is 2.23. The lowest BCUT2D eigenvalue weighted by atomic mass is 9.90. The standard InChI is InChI=1S/C46H43N5O4.BrH/c1-5-50(6-2)34-20-22-38-42(28-34)55-43-29-35(51(7-3)8-4)21-23-39(43)44(38)36-13-9-10-14-37(36)46(53)54-30-31-16-18-32(19-17-31)45(52)49-33-24-26-48-41(27-33)40-15-11-12-25-47-40;/h9-29H,5-8,30H2,1-4H3;1H. The van der Waals surface area contributed by atoms with Crippen LogP contribution in [0.2, 0.25) is 0 Å². The lowest BCUT2D eigenvalue weighted by Gasteiger charge is -2.22. The van der Waals surface area contributed by atoms with Crippen LogP contribution in [0.25, 0.3) is 44.8 Å². The number of rotatable bonds is 12. The van der Waals surface area contributed by atoms with Gasteiger partial charge in [0.05, 0.1) is 23.0 Å². The maximum atomic E-state index is 13.9. The first-order chi connectivity index (χ1) is 26.9. The van der Waals surface area contributed by atoms with Crippen LogP contribution in [0.1, 0.15) is 54.0 Å². The molecule has 1 aliphatic heterocycles. The van der Waals surface area contributed by atoms with E-state index in [0.717, 1.165) is 81.9 Å². The van der Waals surface area contributed by atoms with E-state index in [1.54, 1.807) is 54.9 Å². The first-order valence-corrected chi connectivity index (χ1v) is 18.8. The third-order valence-electron chi connectivity index (χ3n) is 9.89. The number of carbonyl (C=O) groups is 2. The SMILES string of the molecule is CCN(CC)c1ccc2c(-c3ccccc3C(=O)OCc3ccc(C(=O)Nc4ccnc(-c5ccccn5)c4)cc3)c3ccc(=[N+](CC)CC)cc-3oc2c1.[Br-]. The van der Waals surface area contributed by atoms with Crippen molar-refractivity contribution in [1.29, 1.82) is 0 Å². The molecule has 2 aromatic heterocycles. The number of anilines is 2. The van der Waals surface area contributed by atoms with Gasteiger partial charge in [-0.3, -0.25) is 14.8 Å². The molecule has 1 amide bonds. The highest BCUT2D eigenvalue weighted by Crippen LogP contribution is 2.42. The zero-order valence-electron chi connectivity index (χ0n) is 32.0. The molecule has 0 saturated carbocycles. The van der Waals surface area contributed by atoms with Gasteiger partial charge >= 0.3 is 5.97 Å². The van der Waals surface area contributed by atoms with Crippen molar-refractivity contribution in [2.24, 2.45) is 0 Å². The minimum atomic E-state index is -0.444. The molecule has 0 radical (unpaired) electrons. The molecule has 0 unspecified atom stereocenters. The highest BCUT2D eigenvalue weighted by atomic mass is 79.9. The Bertz CT molecular complexity index is 2510. The van der Waals surface area contributed by atoms with Gasteiger partial charge in [-0.2, -0.15) is 0 Å². The number of benzene rings is 4. The summed E-state index contributed by atoms with van der Waals surface area (Å²) >= 11 is 0. The molecule has 10 heteroatoms. The van der Waals surface area contributed by atoms with E-state index >= 15 is 0 Å². The van der Waals surface area contributed by atoms with Gasteiger partial charge in [0.2, 0.25) is 5.36 Å². The average molecular weight is 811 g/mol. The van der Waals surface area contributed by atoms with E-state index in [1.165, 1.54) is 0 Å². The van der Waals surface area contributed by atoms with Crippen LogP contribution in [0.5, 0.6) is 0 Å². The Morgan fingerprint density at radius 2 is 1.50 bits per heavy atom. The normalized spacial score (nSPS) is 10.9. The first-order valence-electron chi connectivity index (χ1n) is 18.8. The second kappa shape index (κ2) is 18.0. The lowest BCUT2D eigenvalue weighted by Crippen LogP contribution is -3.00. The van der Waals surface area contributed by atoms with Crippen LogP contribution < -0.4 is 37.1 Å². The van der Waals surface area contributed by atoms with Crippen molar-refractivity contribution in [3.05, 3.63) is 150 Å². The van der Waals surface area contributed by atoms with Gasteiger partial charge in [0.15, 0.2) is 0 Å². The van der Waals surface area contributed by atoms with E-state index in [9.17, 15) is 9.59 Å². The van der Waals surface area contributed by atoms with Crippen LogP contribution in [0.15, 0.2) is 132 Å². The lowest BCUT2D eigenvalue weighted by molar-refractivity contribution is -0.0000369. The molecule has 0 atom stereocenters. The van der Waals surface area contributed by atoms with Gasteiger partial charge in [0.25, 0.3) is 5.91 Å². The van der Waals surface area contributed by atoms with Gasteiger partial charge in [0, 0.05) is 71.1 Å². The molecule has 1 aliphatic carbocycles. The zero-order chi connectivity index (χ0) is 38.3. The van der Waals surface area contributed by atoms with E-state index < -0.39 is 5.97 Å². The Labute approximate surface area is 337 Å². The molecule has 9 nitrogen and oxygen atoms in total. The molecule has 0 fully saturated rings. The Kier molecular flexibility index (Phi) is 12.7. The predicted molar refractivity (Wildman–Crippen MR) is 219 cm³/mol. The van der Waals surface area contributed by atoms with Gasteiger partial charge in [-0.1, -0.05) is 36.4 Å². The number of ether oxygens (including phenoxy) is 1. The van der Waals surface area contributed by atoms with E-state index in [0.29, 0.717) is 22.5 Å². The molecule has 1 N–H and O–H groups in total. The van der Waals surface area contributed by atoms with Gasteiger partial charge in [-0.25, -0.2) is 9.37 Å². The van der Waals surface area contributed by atoms with Crippen LogP contribution >= 0.6 is 0 Å². The molecule has 0 bridgehead atoms. The summed E-state index contributed by atoms with van der Waals surface area (Å²) < 4.78 is 14.9. The number of pyridine rings is 2. The van der Waals surface area contributed by atoms with E-state index in [4.69, 9.17) is 9.15 Å². The van der Waals surface area contributed by atoms with Gasteiger partial charge < -0.3 is 36.4 Å². The summed E-state index contributed by atoms with van der Waals surface area (Å²) in [7, 11) is 0. The predicted octanol–water partition coefficient (Wildman–Crippen LogP) is 5.93. The first kappa shape index (κ1) is 39.6. The van der Waals surface area contributed by atoms with E-state index in [2.05, 4.69) is 88.9 Å². The van der Waals surface area contributed by atoms with Crippen molar-refractivity contribution in [3.8, 4) is 33.8 Å². The monoisotopic (exact) mass is 809 g/mol. The van der Waals surface area contributed by atoms with Crippen molar-refractivity contribution in [3.63, 3.8) is 0 Å². The summed E-state index contributed by atoms with van der Waals surface area (Å²) in [5.41, 5.74) is 8.08. The van der Waals surface area contributed by atoms with Crippen LogP contribution in [-0.2, 0) is 11.3 Å². The topological polar surface area (TPSA) is 101 Å². The Hall–Kier alpha value is -6.13. The molecule has 0 saturated heterocycles. The smallest absolute Gasteiger partial charge is 0.339 e. The molecular formula is C46H44BrN5O4. The molecule has 3 heterocycles. The molecule has 3 aromatic carbocycles. The largest absolute Gasteiger partial charge is 1.00 e. The van der Waals surface area contributed by atoms with Crippen molar-refractivity contribution in [2.75, 3.05) is 36.4 Å². The average Bonchev–Trinajstić information content (AvgIpc) is 3.23. The number of hydrogen-bond donors (Lipinski definition) is 1. The molecule has 284 valence electrons. The third-order valence-corrected chi connectivity index (χ3v) is 9.89. The summed E-state index contributed by atoms with van der Waals surface area (Å²) in [6.45, 7) is 12.1. The fourth-order valence-corrected chi connectivity index (χ4v) is 6.95. The minimum absolute atomic E-state index is 0. The number of aromatic nitrogens is 2. The van der Waals surface area contributed by atoms with Crippen LogP contribution in [-0.4, -0.2) is 48.0 Å². The van der Waals surface area contributed by atoms with Crippen LogP contribution in [0.3, 0.4) is 0 Å². The second-order valence-electron chi connectivity index (χ2n) is 13.1. The van der Waals surface area contributed by atoms with Crippen LogP contribution in [0.4, 0.5) is 11.4 Å². The van der Waals surface area contributed by atoms with E-state index in [-0.39, 0.29) is 29.5 Å². The molecule has 7 rings (SSSR count). The summed E-state index contributed by atoms with van der Waals surface area (Å²) in [6.07, 6.45) is 3.34. The fraction of sp³-hybridized carbons (Fsp3) is 0.196. The summed E-state index contributed by atoms with van der Waals surface area (Å²) in [6, 6.07) is 36.3.